The van der Waals surface area contributed by atoms with Gasteiger partial charge in [-0.3, -0.25) is 0 Å². The van der Waals surface area contributed by atoms with E-state index in [9.17, 15) is 0 Å². The lowest BCUT2D eigenvalue weighted by Crippen LogP contribution is -2.41. The molecule has 1 aromatic rings. The van der Waals surface area contributed by atoms with Crippen molar-refractivity contribution in [3.05, 3.63) is 12.7 Å². The third kappa shape index (κ3) is 1.98. The molecule has 4 unspecified atom stereocenters. The van der Waals surface area contributed by atoms with Gasteiger partial charge in [-0.15, -0.1) is 10.2 Å². The highest BCUT2D eigenvalue weighted by Crippen LogP contribution is 2.44. The van der Waals surface area contributed by atoms with Crippen LogP contribution in [0.2, 0.25) is 0 Å². The van der Waals surface area contributed by atoms with Crippen molar-refractivity contribution in [1.82, 2.24) is 20.1 Å². The van der Waals surface area contributed by atoms with E-state index < -0.39 is 0 Å². The van der Waals surface area contributed by atoms with Crippen LogP contribution in [0.5, 0.6) is 0 Å². The van der Waals surface area contributed by atoms with E-state index in [0.717, 1.165) is 24.4 Å². The lowest BCUT2D eigenvalue weighted by molar-refractivity contribution is 0.311. The summed E-state index contributed by atoms with van der Waals surface area (Å²) in [6.45, 7) is 3.23. The number of rotatable bonds is 4. The van der Waals surface area contributed by atoms with Gasteiger partial charge in [-0.1, -0.05) is 6.42 Å². The summed E-state index contributed by atoms with van der Waals surface area (Å²) in [5.74, 6) is 1.97. The maximum absolute atomic E-state index is 3.83. The van der Waals surface area contributed by atoms with Gasteiger partial charge in [0, 0.05) is 18.6 Å². The molecule has 4 heteroatoms. The standard InChI is InChI=1S/C12H20N4/c1-9(6-16-7-13-14-8-16)15-12-5-10-2-3-11(12)4-10/h7-12,15H,2-6H2,1H3. The van der Waals surface area contributed by atoms with Crippen LogP contribution in [-0.2, 0) is 6.54 Å². The first-order valence-corrected chi connectivity index (χ1v) is 6.39. The molecule has 0 aliphatic heterocycles. The Morgan fingerprint density at radius 2 is 2.12 bits per heavy atom. The van der Waals surface area contributed by atoms with Crippen LogP contribution in [0.25, 0.3) is 0 Å². The summed E-state index contributed by atoms with van der Waals surface area (Å²) < 4.78 is 2.05. The summed E-state index contributed by atoms with van der Waals surface area (Å²) in [5.41, 5.74) is 0. The van der Waals surface area contributed by atoms with E-state index in [2.05, 4.69) is 22.4 Å². The predicted molar refractivity (Wildman–Crippen MR) is 61.9 cm³/mol. The van der Waals surface area contributed by atoms with E-state index in [1.165, 1.54) is 25.7 Å². The van der Waals surface area contributed by atoms with Crippen molar-refractivity contribution in [3.8, 4) is 0 Å². The van der Waals surface area contributed by atoms with Gasteiger partial charge in [-0.2, -0.15) is 0 Å². The molecule has 2 aliphatic rings. The van der Waals surface area contributed by atoms with E-state index in [4.69, 9.17) is 0 Å². The second-order valence-corrected chi connectivity index (χ2v) is 5.51. The number of hydrogen-bond acceptors (Lipinski definition) is 3. The topological polar surface area (TPSA) is 42.7 Å². The van der Waals surface area contributed by atoms with E-state index in [0.29, 0.717) is 6.04 Å². The summed E-state index contributed by atoms with van der Waals surface area (Å²) in [7, 11) is 0. The normalized spacial score (nSPS) is 34.4. The fourth-order valence-corrected chi connectivity index (χ4v) is 3.50. The van der Waals surface area contributed by atoms with Crippen LogP contribution in [-0.4, -0.2) is 26.8 Å². The third-order valence-electron chi connectivity index (χ3n) is 4.19. The quantitative estimate of drug-likeness (QED) is 0.835. The van der Waals surface area contributed by atoms with E-state index in [-0.39, 0.29) is 0 Å². The zero-order valence-electron chi connectivity index (χ0n) is 9.84. The molecular weight excluding hydrogens is 200 g/mol. The third-order valence-corrected chi connectivity index (χ3v) is 4.19. The van der Waals surface area contributed by atoms with Crippen molar-refractivity contribution < 1.29 is 0 Å². The number of hydrogen-bond donors (Lipinski definition) is 1. The summed E-state index contributed by atoms with van der Waals surface area (Å²) in [5, 5.41) is 11.4. The molecule has 0 aromatic carbocycles. The predicted octanol–water partition coefficient (Wildman–Crippen LogP) is 1.44. The first-order chi connectivity index (χ1) is 7.81. The Balaban J connectivity index is 1.51. The lowest BCUT2D eigenvalue weighted by atomic mass is 9.95. The molecule has 16 heavy (non-hydrogen) atoms. The molecule has 4 nitrogen and oxygen atoms in total. The van der Waals surface area contributed by atoms with Crippen LogP contribution in [0.4, 0.5) is 0 Å². The van der Waals surface area contributed by atoms with Gasteiger partial charge in [0.25, 0.3) is 0 Å². The van der Waals surface area contributed by atoms with Crippen LogP contribution in [0.3, 0.4) is 0 Å². The summed E-state index contributed by atoms with van der Waals surface area (Å²) in [6, 6.07) is 1.28. The zero-order chi connectivity index (χ0) is 11.0. The smallest absolute Gasteiger partial charge is 0.119 e. The highest BCUT2D eigenvalue weighted by Gasteiger charge is 2.39. The number of aromatic nitrogens is 3. The molecule has 2 saturated carbocycles. The Hall–Kier alpha value is -0.900. The van der Waals surface area contributed by atoms with Gasteiger partial charge >= 0.3 is 0 Å². The fraction of sp³-hybridized carbons (Fsp3) is 0.833. The second-order valence-electron chi connectivity index (χ2n) is 5.51. The minimum Gasteiger partial charge on any atom is -0.319 e. The van der Waals surface area contributed by atoms with Gasteiger partial charge in [0.05, 0.1) is 0 Å². The molecule has 0 amide bonds. The van der Waals surface area contributed by atoms with E-state index >= 15 is 0 Å². The lowest BCUT2D eigenvalue weighted by Gasteiger charge is -2.26. The van der Waals surface area contributed by atoms with Crippen molar-refractivity contribution in [3.63, 3.8) is 0 Å². The van der Waals surface area contributed by atoms with Gasteiger partial charge in [-0.25, -0.2) is 0 Å². The highest BCUT2D eigenvalue weighted by atomic mass is 15.2. The maximum atomic E-state index is 3.83. The summed E-state index contributed by atoms with van der Waals surface area (Å²) in [6.07, 6.45) is 9.37. The molecule has 4 atom stereocenters. The molecule has 88 valence electrons. The van der Waals surface area contributed by atoms with Crippen molar-refractivity contribution >= 4 is 0 Å². The molecule has 1 N–H and O–H groups in total. The molecule has 0 saturated heterocycles. The molecular formula is C12H20N4. The van der Waals surface area contributed by atoms with Gasteiger partial charge in [0.1, 0.15) is 12.7 Å². The second kappa shape index (κ2) is 4.17. The Morgan fingerprint density at radius 3 is 2.75 bits per heavy atom. The molecule has 1 heterocycles. The minimum absolute atomic E-state index is 0.514. The molecule has 3 rings (SSSR count). The van der Waals surface area contributed by atoms with E-state index in [1.807, 2.05) is 4.57 Å². The Labute approximate surface area is 96.4 Å². The summed E-state index contributed by atoms with van der Waals surface area (Å²) >= 11 is 0. The molecule has 2 bridgehead atoms. The van der Waals surface area contributed by atoms with Crippen LogP contribution < -0.4 is 5.32 Å². The van der Waals surface area contributed by atoms with E-state index in [1.54, 1.807) is 12.7 Å². The van der Waals surface area contributed by atoms with Gasteiger partial charge in [0.15, 0.2) is 0 Å². The zero-order valence-corrected chi connectivity index (χ0v) is 9.84. The molecule has 0 radical (unpaired) electrons. The van der Waals surface area contributed by atoms with Gasteiger partial charge in [0.2, 0.25) is 0 Å². The SMILES string of the molecule is CC(Cn1cnnc1)NC1CC2CCC1C2. The molecule has 1 aromatic heterocycles. The first-order valence-electron chi connectivity index (χ1n) is 6.39. The fourth-order valence-electron chi connectivity index (χ4n) is 3.50. The molecule has 2 aliphatic carbocycles. The Morgan fingerprint density at radius 1 is 1.31 bits per heavy atom. The number of nitrogens with one attached hydrogen (secondary N) is 1. The number of fused-ring (bicyclic) bond motifs is 2. The van der Waals surface area contributed by atoms with Crippen LogP contribution in [0, 0.1) is 11.8 Å². The minimum atomic E-state index is 0.514. The average molecular weight is 220 g/mol. The molecule has 0 spiro atoms. The largest absolute Gasteiger partial charge is 0.319 e. The van der Waals surface area contributed by atoms with Crippen molar-refractivity contribution in [2.45, 2.75) is 51.2 Å². The maximum Gasteiger partial charge on any atom is 0.119 e. The van der Waals surface area contributed by atoms with Crippen LogP contribution in [0.1, 0.15) is 32.6 Å². The monoisotopic (exact) mass is 220 g/mol. The van der Waals surface area contributed by atoms with Crippen LogP contribution >= 0.6 is 0 Å². The van der Waals surface area contributed by atoms with Gasteiger partial charge < -0.3 is 9.88 Å². The highest BCUT2D eigenvalue weighted by molar-refractivity contribution is 4.94. The summed E-state index contributed by atoms with van der Waals surface area (Å²) in [4.78, 5) is 0. The Kier molecular flexibility index (Phi) is 2.67. The first kappa shape index (κ1) is 10.3. The van der Waals surface area contributed by atoms with Crippen molar-refractivity contribution in [2.24, 2.45) is 11.8 Å². The number of nitrogens with zero attached hydrogens (tertiary/aromatic N) is 3. The van der Waals surface area contributed by atoms with Crippen molar-refractivity contribution in [2.75, 3.05) is 0 Å². The van der Waals surface area contributed by atoms with Gasteiger partial charge in [-0.05, 0) is 38.0 Å². The average Bonchev–Trinajstić information content (AvgIpc) is 2.92. The van der Waals surface area contributed by atoms with Crippen LogP contribution in [0.15, 0.2) is 12.7 Å². The Bertz CT molecular complexity index is 335. The van der Waals surface area contributed by atoms with Crippen molar-refractivity contribution in [1.29, 1.82) is 0 Å². The molecule has 2 fully saturated rings.